The number of rotatable bonds is 5. The molecule has 2 rings (SSSR count). The van der Waals surface area contributed by atoms with Crippen LogP contribution < -0.4 is 5.32 Å². The molecule has 0 bridgehead atoms. The van der Waals surface area contributed by atoms with Crippen LogP contribution in [-0.4, -0.2) is 23.7 Å². The predicted molar refractivity (Wildman–Crippen MR) is 79.3 cm³/mol. The average Bonchev–Trinajstić information content (AvgIpc) is 3.18. The molecule has 3 nitrogen and oxygen atoms in total. The van der Waals surface area contributed by atoms with Gasteiger partial charge in [-0.05, 0) is 43.0 Å². The second-order valence-electron chi connectivity index (χ2n) is 5.22. The van der Waals surface area contributed by atoms with Crippen molar-refractivity contribution in [3.8, 4) is 11.8 Å². The highest BCUT2D eigenvalue weighted by atomic mass is 16.2. The Morgan fingerprint density at radius 3 is 2.80 bits per heavy atom. The highest BCUT2D eigenvalue weighted by molar-refractivity contribution is 5.94. The zero-order valence-electron chi connectivity index (χ0n) is 11.9. The molecule has 20 heavy (non-hydrogen) atoms. The molecule has 106 valence electrons. The third-order valence-corrected chi connectivity index (χ3v) is 3.52. The number of carbonyl (C=O) groups is 1. The van der Waals surface area contributed by atoms with Crippen LogP contribution in [0.5, 0.6) is 0 Å². The third-order valence-electron chi connectivity index (χ3n) is 3.52. The van der Waals surface area contributed by atoms with E-state index in [2.05, 4.69) is 24.1 Å². The van der Waals surface area contributed by atoms with Crippen molar-refractivity contribution in [1.82, 2.24) is 5.32 Å². The molecule has 0 heterocycles. The highest BCUT2D eigenvalue weighted by Gasteiger charge is 2.37. The molecular formula is C17H21NO2. The molecule has 0 aliphatic heterocycles. The van der Waals surface area contributed by atoms with E-state index in [9.17, 15) is 4.79 Å². The van der Waals surface area contributed by atoms with Crippen LogP contribution in [0.25, 0.3) is 0 Å². The molecule has 1 aromatic carbocycles. The lowest BCUT2D eigenvalue weighted by atomic mass is 10.1. The van der Waals surface area contributed by atoms with E-state index in [-0.39, 0.29) is 12.5 Å². The second kappa shape index (κ2) is 7.12. The molecule has 2 atom stereocenters. The van der Waals surface area contributed by atoms with Gasteiger partial charge in [0, 0.05) is 23.6 Å². The van der Waals surface area contributed by atoms with Gasteiger partial charge in [0.25, 0.3) is 5.91 Å². The molecular weight excluding hydrogens is 250 g/mol. The number of aliphatic hydroxyl groups is 1. The van der Waals surface area contributed by atoms with Gasteiger partial charge in [-0.25, -0.2) is 0 Å². The van der Waals surface area contributed by atoms with Gasteiger partial charge >= 0.3 is 0 Å². The summed E-state index contributed by atoms with van der Waals surface area (Å²) < 4.78 is 0. The van der Waals surface area contributed by atoms with Crippen LogP contribution in [0.3, 0.4) is 0 Å². The van der Waals surface area contributed by atoms with Gasteiger partial charge in [-0.3, -0.25) is 4.79 Å². The van der Waals surface area contributed by atoms with Crippen molar-refractivity contribution in [2.45, 2.75) is 38.6 Å². The fourth-order valence-electron chi connectivity index (χ4n) is 2.29. The summed E-state index contributed by atoms with van der Waals surface area (Å²) in [5.41, 5.74) is 1.55. The topological polar surface area (TPSA) is 49.3 Å². The molecule has 0 radical (unpaired) electrons. The molecule has 1 aliphatic carbocycles. The van der Waals surface area contributed by atoms with Gasteiger partial charge in [-0.1, -0.05) is 25.2 Å². The van der Waals surface area contributed by atoms with Gasteiger partial charge < -0.3 is 10.4 Å². The monoisotopic (exact) mass is 271 g/mol. The fourth-order valence-corrected chi connectivity index (χ4v) is 2.29. The standard InChI is InChI=1S/C17H21NO2/c1-2-5-15-12-16(15)18-17(20)14-9-7-13(8-10-14)6-3-4-11-19/h7-10,15-16,19H,2,4-5,11-12H2,1H3,(H,18,20). The summed E-state index contributed by atoms with van der Waals surface area (Å²) in [5, 5.41) is 11.7. The Morgan fingerprint density at radius 1 is 1.40 bits per heavy atom. The molecule has 2 N–H and O–H groups in total. The van der Waals surface area contributed by atoms with Crippen LogP contribution in [0.1, 0.15) is 48.5 Å². The summed E-state index contributed by atoms with van der Waals surface area (Å²) >= 11 is 0. The molecule has 1 amide bonds. The minimum absolute atomic E-state index is 0.00321. The molecule has 1 saturated carbocycles. The minimum atomic E-state index is 0.00321. The summed E-state index contributed by atoms with van der Waals surface area (Å²) in [4.78, 5) is 12.0. The Kier molecular flexibility index (Phi) is 5.20. The number of amides is 1. The number of aliphatic hydroxyl groups excluding tert-OH is 1. The Bertz CT molecular complexity index is 510. The van der Waals surface area contributed by atoms with Crippen LogP contribution in [-0.2, 0) is 0 Å². The maximum atomic E-state index is 12.0. The first-order valence-corrected chi connectivity index (χ1v) is 7.25. The van der Waals surface area contributed by atoms with Crippen molar-refractivity contribution in [2.24, 2.45) is 5.92 Å². The largest absolute Gasteiger partial charge is 0.395 e. The van der Waals surface area contributed by atoms with Gasteiger partial charge in [-0.15, -0.1) is 0 Å². The van der Waals surface area contributed by atoms with Crippen LogP contribution in [0.2, 0.25) is 0 Å². The lowest BCUT2D eigenvalue weighted by molar-refractivity contribution is 0.0949. The summed E-state index contributed by atoms with van der Waals surface area (Å²) in [6.07, 6.45) is 3.97. The molecule has 1 fully saturated rings. The number of carbonyl (C=O) groups excluding carboxylic acids is 1. The predicted octanol–water partition coefficient (Wildman–Crippen LogP) is 2.34. The molecule has 0 aromatic heterocycles. The number of benzene rings is 1. The van der Waals surface area contributed by atoms with Gasteiger partial charge in [0.1, 0.15) is 0 Å². The van der Waals surface area contributed by atoms with E-state index in [0.717, 1.165) is 12.0 Å². The van der Waals surface area contributed by atoms with Gasteiger partial charge in [-0.2, -0.15) is 0 Å². The average molecular weight is 271 g/mol. The van der Waals surface area contributed by atoms with E-state index in [1.807, 2.05) is 12.1 Å². The zero-order valence-corrected chi connectivity index (χ0v) is 11.9. The maximum Gasteiger partial charge on any atom is 0.251 e. The van der Waals surface area contributed by atoms with E-state index in [0.29, 0.717) is 23.9 Å². The van der Waals surface area contributed by atoms with Crippen molar-refractivity contribution in [3.05, 3.63) is 35.4 Å². The van der Waals surface area contributed by atoms with Gasteiger partial charge in [0.2, 0.25) is 0 Å². The van der Waals surface area contributed by atoms with E-state index in [1.54, 1.807) is 12.1 Å². The first kappa shape index (κ1) is 14.6. The number of nitrogens with one attached hydrogen (secondary N) is 1. The number of hydrogen-bond donors (Lipinski definition) is 2. The van der Waals surface area contributed by atoms with Crippen molar-refractivity contribution in [3.63, 3.8) is 0 Å². The molecule has 0 saturated heterocycles. The van der Waals surface area contributed by atoms with E-state index in [1.165, 1.54) is 12.8 Å². The molecule has 2 unspecified atom stereocenters. The first-order valence-electron chi connectivity index (χ1n) is 7.25. The van der Waals surface area contributed by atoms with Crippen LogP contribution in [0.15, 0.2) is 24.3 Å². The van der Waals surface area contributed by atoms with E-state index < -0.39 is 0 Å². The quantitative estimate of drug-likeness (QED) is 0.808. The van der Waals surface area contributed by atoms with Crippen molar-refractivity contribution < 1.29 is 9.90 Å². The Labute approximate surface area is 120 Å². The SMILES string of the molecule is CCCC1CC1NC(=O)c1ccc(C#CCCO)cc1. The smallest absolute Gasteiger partial charge is 0.251 e. The van der Waals surface area contributed by atoms with Gasteiger partial charge in [0.15, 0.2) is 0 Å². The molecule has 1 aromatic rings. The summed E-state index contributed by atoms with van der Waals surface area (Å²) in [6.45, 7) is 2.25. The lowest BCUT2D eigenvalue weighted by Crippen LogP contribution is -2.26. The number of hydrogen-bond acceptors (Lipinski definition) is 2. The third kappa shape index (κ3) is 4.11. The Balaban J connectivity index is 1.87. The molecule has 1 aliphatic rings. The van der Waals surface area contributed by atoms with Crippen LogP contribution in [0.4, 0.5) is 0 Å². The second-order valence-corrected chi connectivity index (χ2v) is 5.22. The van der Waals surface area contributed by atoms with Crippen molar-refractivity contribution in [2.75, 3.05) is 6.61 Å². The van der Waals surface area contributed by atoms with E-state index in [4.69, 9.17) is 5.11 Å². The normalized spacial score (nSPS) is 19.9. The Morgan fingerprint density at radius 2 is 2.15 bits per heavy atom. The van der Waals surface area contributed by atoms with Crippen LogP contribution in [0, 0.1) is 17.8 Å². The maximum absolute atomic E-state index is 12.0. The highest BCUT2D eigenvalue weighted by Crippen LogP contribution is 2.34. The molecule has 0 spiro atoms. The lowest BCUT2D eigenvalue weighted by Gasteiger charge is -2.04. The summed E-state index contributed by atoms with van der Waals surface area (Å²) in [7, 11) is 0. The Hall–Kier alpha value is -1.79. The van der Waals surface area contributed by atoms with Crippen molar-refractivity contribution >= 4 is 5.91 Å². The van der Waals surface area contributed by atoms with Crippen molar-refractivity contribution in [1.29, 1.82) is 0 Å². The zero-order chi connectivity index (χ0) is 14.4. The molecule has 3 heteroatoms. The fraction of sp³-hybridized carbons (Fsp3) is 0.471. The summed E-state index contributed by atoms with van der Waals surface area (Å²) in [6, 6.07) is 7.66. The minimum Gasteiger partial charge on any atom is -0.395 e. The van der Waals surface area contributed by atoms with Crippen LogP contribution >= 0.6 is 0 Å². The van der Waals surface area contributed by atoms with E-state index >= 15 is 0 Å². The first-order chi connectivity index (χ1) is 9.74. The summed E-state index contributed by atoms with van der Waals surface area (Å²) in [5.74, 6) is 6.49. The van der Waals surface area contributed by atoms with Gasteiger partial charge in [0.05, 0.1) is 6.61 Å².